The maximum absolute atomic E-state index is 13.0. The zero-order valence-electron chi connectivity index (χ0n) is 18.7. The summed E-state index contributed by atoms with van der Waals surface area (Å²) in [5.74, 6) is -1.76. The molecule has 0 aromatic heterocycles. The summed E-state index contributed by atoms with van der Waals surface area (Å²) in [5, 5.41) is 11.8. The molecule has 0 radical (unpaired) electrons. The molecule has 0 spiro atoms. The van der Waals surface area contributed by atoms with E-state index in [-0.39, 0.29) is 24.7 Å². The van der Waals surface area contributed by atoms with Crippen molar-refractivity contribution in [3.8, 4) is 11.1 Å². The smallest absolute Gasteiger partial charge is 0.407 e. The normalized spacial score (nSPS) is 20.5. The summed E-state index contributed by atoms with van der Waals surface area (Å²) in [5.41, 5.74) is 4.36. The zero-order chi connectivity index (χ0) is 23.5. The first-order chi connectivity index (χ1) is 15.9. The van der Waals surface area contributed by atoms with Gasteiger partial charge in [0.15, 0.2) is 0 Å². The van der Waals surface area contributed by atoms with Crippen LogP contribution in [0.15, 0.2) is 48.5 Å². The molecule has 3 unspecified atom stereocenters. The Morgan fingerprint density at radius 3 is 2.30 bits per heavy atom. The molecule has 2 aromatic rings. The SMILES string of the molecule is CC1OCCN(C(=O)C(CC(=O)O)NC(=O)OCC2c3ccccc3-c3ccccc32)C1C. The van der Waals surface area contributed by atoms with E-state index in [1.807, 2.05) is 62.4 Å². The van der Waals surface area contributed by atoms with Gasteiger partial charge in [0.2, 0.25) is 5.91 Å². The van der Waals surface area contributed by atoms with Crippen LogP contribution in [0, 0.1) is 0 Å². The van der Waals surface area contributed by atoms with Crippen molar-refractivity contribution in [1.82, 2.24) is 10.2 Å². The number of amides is 2. The van der Waals surface area contributed by atoms with Gasteiger partial charge in [0, 0.05) is 12.5 Å². The van der Waals surface area contributed by atoms with Crippen LogP contribution < -0.4 is 5.32 Å². The van der Waals surface area contributed by atoms with Crippen molar-refractivity contribution in [1.29, 1.82) is 0 Å². The number of carboxylic acid groups (broad SMARTS) is 1. The Morgan fingerprint density at radius 1 is 1.09 bits per heavy atom. The van der Waals surface area contributed by atoms with E-state index in [1.54, 1.807) is 4.90 Å². The molecule has 1 saturated heterocycles. The Balaban J connectivity index is 1.44. The van der Waals surface area contributed by atoms with Crippen LogP contribution in [0.3, 0.4) is 0 Å². The average molecular weight is 453 g/mol. The number of carbonyl (C=O) groups excluding carboxylic acids is 2. The van der Waals surface area contributed by atoms with E-state index in [4.69, 9.17) is 9.47 Å². The summed E-state index contributed by atoms with van der Waals surface area (Å²) in [6, 6.07) is 14.5. The van der Waals surface area contributed by atoms with E-state index >= 15 is 0 Å². The molecule has 8 heteroatoms. The molecule has 1 aliphatic carbocycles. The van der Waals surface area contributed by atoms with E-state index < -0.39 is 30.4 Å². The average Bonchev–Trinajstić information content (AvgIpc) is 3.12. The molecular weight excluding hydrogens is 424 g/mol. The Kier molecular flexibility index (Phi) is 6.65. The van der Waals surface area contributed by atoms with Gasteiger partial charge in [-0.25, -0.2) is 4.79 Å². The second-order valence-electron chi connectivity index (χ2n) is 8.47. The fourth-order valence-electron chi connectivity index (χ4n) is 4.60. The van der Waals surface area contributed by atoms with Crippen LogP contribution in [-0.4, -0.2) is 65.9 Å². The maximum atomic E-state index is 13.0. The number of nitrogens with one attached hydrogen (secondary N) is 1. The number of ether oxygens (including phenoxy) is 2. The van der Waals surface area contributed by atoms with Gasteiger partial charge in [-0.2, -0.15) is 0 Å². The van der Waals surface area contributed by atoms with Crippen LogP contribution in [0.5, 0.6) is 0 Å². The largest absolute Gasteiger partial charge is 0.481 e. The van der Waals surface area contributed by atoms with Gasteiger partial charge in [-0.05, 0) is 36.1 Å². The highest BCUT2D eigenvalue weighted by atomic mass is 16.5. The number of morpholine rings is 1. The second kappa shape index (κ2) is 9.62. The molecule has 2 aliphatic rings. The van der Waals surface area contributed by atoms with E-state index in [0.717, 1.165) is 22.3 Å². The number of aliphatic carboxylic acids is 1. The highest BCUT2D eigenvalue weighted by molar-refractivity contribution is 5.89. The molecule has 174 valence electrons. The third kappa shape index (κ3) is 4.71. The number of benzene rings is 2. The molecule has 0 bridgehead atoms. The number of hydrogen-bond donors (Lipinski definition) is 2. The van der Waals surface area contributed by atoms with Gasteiger partial charge in [0.25, 0.3) is 0 Å². The summed E-state index contributed by atoms with van der Waals surface area (Å²) in [6.07, 6.45) is -1.52. The molecule has 4 rings (SSSR count). The monoisotopic (exact) mass is 452 g/mol. The van der Waals surface area contributed by atoms with Gasteiger partial charge in [-0.15, -0.1) is 0 Å². The van der Waals surface area contributed by atoms with Crippen LogP contribution in [0.25, 0.3) is 11.1 Å². The van der Waals surface area contributed by atoms with E-state index in [9.17, 15) is 19.5 Å². The molecule has 2 aromatic carbocycles. The number of hydrogen-bond acceptors (Lipinski definition) is 5. The van der Waals surface area contributed by atoms with Crippen LogP contribution in [-0.2, 0) is 19.1 Å². The maximum Gasteiger partial charge on any atom is 0.407 e. The van der Waals surface area contributed by atoms with Crippen molar-refractivity contribution in [3.05, 3.63) is 59.7 Å². The van der Waals surface area contributed by atoms with Crippen LogP contribution in [0.1, 0.15) is 37.3 Å². The second-order valence-corrected chi connectivity index (χ2v) is 8.47. The number of fused-ring (bicyclic) bond motifs is 3. The number of nitrogens with zero attached hydrogens (tertiary/aromatic N) is 1. The lowest BCUT2D eigenvalue weighted by atomic mass is 9.98. The van der Waals surface area contributed by atoms with E-state index in [0.29, 0.717) is 13.2 Å². The predicted molar refractivity (Wildman–Crippen MR) is 121 cm³/mol. The molecular formula is C25H28N2O6. The highest BCUT2D eigenvalue weighted by Gasteiger charge is 2.36. The van der Waals surface area contributed by atoms with Gasteiger partial charge < -0.3 is 24.8 Å². The van der Waals surface area contributed by atoms with Crippen LogP contribution in [0.4, 0.5) is 4.79 Å². The lowest BCUT2D eigenvalue weighted by molar-refractivity contribution is -0.149. The van der Waals surface area contributed by atoms with Crippen molar-refractivity contribution < 1.29 is 29.0 Å². The molecule has 2 N–H and O–H groups in total. The quantitative estimate of drug-likeness (QED) is 0.698. The van der Waals surface area contributed by atoms with Crippen molar-refractivity contribution in [2.45, 2.75) is 44.4 Å². The summed E-state index contributed by atoms with van der Waals surface area (Å²) >= 11 is 0. The highest BCUT2D eigenvalue weighted by Crippen LogP contribution is 2.44. The minimum atomic E-state index is -1.22. The molecule has 2 amide bonds. The molecule has 1 fully saturated rings. The predicted octanol–water partition coefficient (Wildman–Crippen LogP) is 3.00. The van der Waals surface area contributed by atoms with Crippen molar-refractivity contribution in [2.24, 2.45) is 0 Å². The van der Waals surface area contributed by atoms with Crippen LogP contribution >= 0.6 is 0 Å². The minimum absolute atomic E-state index is 0.0822. The summed E-state index contributed by atoms with van der Waals surface area (Å²) in [7, 11) is 0. The number of rotatable bonds is 6. The van der Waals surface area contributed by atoms with E-state index in [2.05, 4.69) is 5.32 Å². The summed E-state index contributed by atoms with van der Waals surface area (Å²) < 4.78 is 11.0. The number of carbonyl (C=O) groups is 3. The Morgan fingerprint density at radius 2 is 1.70 bits per heavy atom. The molecule has 1 heterocycles. The van der Waals surface area contributed by atoms with Crippen molar-refractivity contribution in [2.75, 3.05) is 19.8 Å². The fraction of sp³-hybridized carbons (Fsp3) is 0.400. The third-order valence-corrected chi connectivity index (χ3v) is 6.48. The Hall–Kier alpha value is -3.39. The topological polar surface area (TPSA) is 105 Å². The van der Waals surface area contributed by atoms with Gasteiger partial charge in [-0.3, -0.25) is 9.59 Å². The number of alkyl carbamates (subject to hydrolysis) is 1. The minimum Gasteiger partial charge on any atom is -0.481 e. The van der Waals surface area contributed by atoms with Gasteiger partial charge >= 0.3 is 12.1 Å². The Bertz CT molecular complexity index is 1010. The van der Waals surface area contributed by atoms with Crippen LogP contribution in [0.2, 0.25) is 0 Å². The Labute approximate surface area is 192 Å². The zero-order valence-corrected chi connectivity index (χ0v) is 18.7. The lowest BCUT2D eigenvalue weighted by Crippen LogP contribution is -2.57. The van der Waals surface area contributed by atoms with Gasteiger partial charge in [-0.1, -0.05) is 48.5 Å². The van der Waals surface area contributed by atoms with Gasteiger partial charge in [0.05, 0.1) is 25.2 Å². The van der Waals surface area contributed by atoms with E-state index in [1.165, 1.54) is 0 Å². The molecule has 0 saturated carbocycles. The number of carboxylic acids is 1. The van der Waals surface area contributed by atoms with Crippen molar-refractivity contribution in [3.63, 3.8) is 0 Å². The first-order valence-corrected chi connectivity index (χ1v) is 11.1. The molecule has 33 heavy (non-hydrogen) atoms. The molecule has 1 aliphatic heterocycles. The van der Waals surface area contributed by atoms with Gasteiger partial charge in [0.1, 0.15) is 12.6 Å². The third-order valence-electron chi connectivity index (χ3n) is 6.48. The molecule has 3 atom stereocenters. The standard InChI is InChI=1S/C25H28N2O6/c1-15-16(2)32-12-11-27(15)24(30)22(13-23(28)29)26-25(31)33-14-21-19-9-5-3-7-17(19)18-8-4-6-10-20(18)21/h3-10,15-16,21-22H,11-14H2,1-2H3,(H,26,31)(H,28,29). The fourth-order valence-corrected chi connectivity index (χ4v) is 4.60. The summed E-state index contributed by atoms with van der Waals surface area (Å²) in [4.78, 5) is 38.6. The first-order valence-electron chi connectivity index (χ1n) is 11.1. The summed E-state index contributed by atoms with van der Waals surface area (Å²) in [6.45, 7) is 4.48. The van der Waals surface area contributed by atoms with Crippen molar-refractivity contribution >= 4 is 18.0 Å². The lowest BCUT2D eigenvalue weighted by Gasteiger charge is -2.39. The molecule has 8 nitrogen and oxygen atoms in total. The first kappa shape index (κ1) is 22.8.